The second kappa shape index (κ2) is 9.53. The molecule has 7 aromatic carbocycles. The van der Waals surface area contributed by atoms with Crippen molar-refractivity contribution in [2.45, 2.75) is 9.79 Å². The highest BCUT2D eigenvalue weighted by Gasteiger charge is 2.29. The van der Waals surface area contributed by atoms with E-state index in [2.05, 4.69) is 114 Å². The number of nitriles is 2. The van der Waals surface area contributed by atoms with Gasteiger partial charge in [0.15, 0.2) is 0 Å². The van der Waals surface area contributed by atoms with Gasteiger partial charge in [0.2, 0.25) is 0 Å². The van der Waals surface area contributed by atoms with Gasteiger partial charge >= 0.3 is 0 Å². The van der Waals surface area contributed by atoms with Crippen molar-refractivity contribution in [3.63, 3.8) is 0 Å². The second-order valence-corrected chi connectivity index (χ2v) is 11.4. The summed E-state index contributed by atoms with van der Waals surface area (Å²) in [7, 11) is 0. The van der Waals surface area contributed by atoms with E-state index in [9.17, 15) is 10.5 Å². The number of nitrogens with zero attached hydrogens (tertiary/aromatic N) is 3. The number of anilines is 3. The van der Waals surface area contributed by atoms with Crippen molar-refractivity contribution >= 4 is 61.1 Å². The Labute approximate surface area is 247 Å². The average molecular weight is 552 g/mol. The van der Waals surface area contributed by atoms with Crippen molar-refractivity contribution in [1.29, 1.82) is 10.5 Å². The van der Waals surface area contributed by atoms with E-state index in [4.69, 9.17) is 0 Å². The summed E-state index contributed by atoms with van der Waals surface area (Å²) in [6.45, 7) is 0. The minimum atomic E-state index is 0.492. The van der Waals surface area contributed by atoms with Crippen LogP contribution in [0.1, 0.15) is 11.1 Å². The van der Waals surface area contributed by atoms with E-state index < -0.39 is 0 Å². The van der Waals surface area contributed by atoms with Crippen LogP contribution in [0.5, 0.6) is 0 Å². The highest BCUT2D eigenvalue weighted by atomic mass is 32.2. The molecule has 4 heteroatoms. The van der Waals surface area contributed by atoms with Crippen LogP contribution in [0.25, 0.3) is 43.4 Å². The molecule has 0 bridgehead atoms. The van der Waals surface area contributed by atoms with Crippen LogP contribution in [0, 0.1) is 22.7 Å². The lowest BCUT2D eigenvalue weighted by Crippen LogP contribution is -2.16. The summed E-state index contributed by atoms with van der Waals surface area (Å²) >= 11 is 1.79. The second-order valence-electron chi connectivity index (χ2n) is 10.3. The van der Waals surface area contributed by atoms with Crippen molar-refractivity contribution in [2.24, 2.45) is 0 Å². The third kappa shape index (κ3) is 3.47. The van der Waals surface area contributed by atoms with Gasteiger partial charge in [-0.05, 0) is 52.6 Å². The van der Waals surface area contributed by atoms with Crippen LogP contribution in [-0.2, 0) is 0 Å². The number of rotatable bonds is 2. The first-order chi connectivity index (χ1) is 20.8. The van der Waals surface area contributed by atoms with E-state index in [0.29, 0.717) is 16.7 Å². The molecule has 0 radical (unpaired) electrons. The van der Waals surface area contributed by atoms with E-state index in [1.54, 1.807) is 17.8 Å². The molecule has 7 aromatic rings. The summed E-state index contributed by atoms with van der Waals surface area (Å²) in [5, 5.41) is 26.9. The number of fused-ring (bicyclic) bond motifs is 6. The Hall–Kier alpha value is -5.55. The summed E-state index contributed by atoms with van der Waals surface area (Å²) in [5.74, 6) is 0. The molecule has 1 aliphatic rings. The Morgan fingerprint density at radius 3 is 1.71 bits per heavy atom. The van der Waals surface area contributed by atoms with E-state index in [1.807, 2.05) is 24.3 Å². The maximum Gasteiger partial charge on any atom is 0.0998 e. The molecule has 0 atom stereocenters. The maximum absolute atomic E-state index is 10.3. The van der Waals surface area contributed by atoms with E-state index in [0.717, 1.165) is 54.9 Å². The summed E-state index contributed by atoms with van der Waals surface area (Å²) in [6.07, 6.45) is 0. The number of benzene rings is 7. The van der Waals surface area contributed by atoms with Gasteiger partial charge in [0.05, 0.1) is 40.3 Å². The normalized spacial score (nSPS) is 12.1. The molecule has 8 rings (SSSR count). The SMILES string of the molecule is N#Cc1cccc(C#N)c1-c1c2ccccc2c(N2c3ccccc3Sc3ccccc32)c2ccc3ccccc3c12. The minimum Gasteiger partial charge on any atom is -0.307 e. The molecule has 194 valence electrons. The first-order valence-electron chi connectivity index (χ1n) is 13.7. The van der Waals surface area contributed by atoms with Gasteiger partial charge in [0.25, 0.3) is 0 Å². The molecule has 0 amide bonds. The Bertz CT molecular complexity index is 2250. The van der Waals surface area contributed by atoms with Gasteiger partial charge in [0, 0.05) is 37.1 Å². The topological polar surface area (TPSA) is 50.8 Å². The molecular formula is C38H21N3S. The van der Waals surface area contributed by atoms with E-state index in [1.165, 1.54) is 9.79 Å². The lowest BCUT2D eigenvalue weighted by molar-refractivity contribution is 1.18. The molecule has 0 saturated carbocycles. The zero-order chi connectivity index (χ0) is 28.2. The van der Waals surface area contributed by atoms with Crippen LogP contribution in [0.15, 0.2) is 137 Å². The fourth-order valence-electron chi connectivity index (χ4n) is 6.38. The Kier molecular flexibility index (Phi) is 5.50. The lowest BCUT2D eigenvalue weighted by Gasteiger charge is -2.35. The van der Waals surface area contributed by atoms with Crippen LogP contribution in [0.4, 0.5) is 17.1 Å². The molecule has 0 N–H and O–H groups in total. The first-order valence-corrected chi connectivity index (χ1v) is 14.6. The summed E-state index contributed by atoms with van der Waals surface area (Å²) in [6, 6.07) is 48.4. The number of hydrogen-bond donors (Lipinski definition) is 0. The zero-order valence-electron chi connectivity index (χ0n) is 22.4. The van der Waals surface area contributed by atoms with Crippen LogP contribution in [0.2, 0.25) is 0 Å². The van der Waals surface area contributed by atoms with Crippen LogP contribution in [-0.4, -0.2) is 0 Å². The van der Waals surface area contributed by atoms with Crippen LogP contribution < -0.4 is 4.90 Å². The van der Waals surface area contributed by atoms with Gasteiger partial charge in [-0.25, -0.2) is 0 Å². The van der Waals surface area contributed by atoms with E-state index in [-0.39, 0.29) is 0 Å². The quantitative estimate of drug-likeness (QED) is 0.158. The number of para-hydroxylation sites is 2. The summed E-state index contributed by atoms with van der Waals surface area (Å²) in [4.78, 5) is 4.78. The Balaban J connectivity index is 1.64. The molecule has 0 fully saturated rings. The first kappa shape index (κ1) is 24.3. The highest BCUT2D eigenvalue weighted by molar-refractivity contribution is 7.99. The smallest absolute Gasteiger partial charge is 0.0998 e. The predicted molar refractivity (Wildman–Crippen MR) is 173 cm³/mol. The standard InChI is InChI=1S/C38H21N3S/c39-22-25-11-9-12-26(23-40)35(25)37-28-14-3-4-15-29(28)38(30-21-20-24-10-1-2-13-27(24)36(30)37)41-31-16-5-7-18-33(31)42-34-19-8-6-17-32(34)41/h1-21H. The lowest BCUT2D eigenvalue weighted by atomic mass is 9.84. The fraction of sp³-hybridized carbons (Fsp3) is 0. The summed E-state index contributed by atoms with van der Waals surface area (Å²) in [5.41, 5.74) is 5.93. The molecular weight excluding hydrogens is 531 g/mol. The van der Waals surface area contributed by atoms with Crippen molar-refractivity contribution in [1.82, 2.24) is 0 Å². The van der Waals surface area contributed by atoms with Gasteiger partial charge in [0.1, 0.15) is 0 Å². The third-order valence-electron chi connectivity index (χ3n) is 8.10. The van der Waals surface area contributed by atoms with Gasteiger partial charge in [-0.2, -0.15) is 10.5 Å². The number of hydrogen-bond acceptors (Lipinski definition) is 4. The Morgan fingerprint density at radius 2 is 1.05 bits per heavy atom. The van der Waals surface area contributed by atoms with Crippen molar-refractivity contribution < 1.29 is 0 Å². The molecule has 0 saturated heterocycles. The molecule has 0 spiro atoms. The van der Waals surface area contributed by atoms with Crippen molar-refractivity contribution in [3.05, 3.63) is 139 Å². The van der Waals surface area contributed by atoms with Crippen molar-refractivity contribution in [2.75, 3.05) is 4.90 Å². The molecule has 42 heavy (non-hydrogen) atoms. The molecule has 1 aliphatic heterocycles. The monoisotopic (exact) mass is 551 g/mol. The summed E-state index contributed by atoms with van der Waals surface area (Å²) < 4.78 is 0. The molecule has 0 aromatic heterocycles. The minimum absolute atomic E-state index is 0.492. The Morgan fingerprint density at radius 1 is 0.476 bits per heavy atom. The van der Waals surface area contributed by atoms with E-state index >= 15 is 0 Å². The van der Waals surface area contributed by atoms with Gasteiger partial charge < -0.3 is 4.90 Å². The largest absolute Gasteiger partial charge is 0.307 e. The van der Waals surface area contributed by atoms with Crippen molar-refractivity contribution in [3.8, 4) is 23.3 Å². The molecule has 1 heterocycles. The van der Waals surface area contributed by atoms with Crippen LogP contribution >= 0.6 is 11.8 Å². The van der Waals surface area contributed by atoms with Gasteiger partial charge in [-0.3, -0.25) is 0 Å². The highest BCUT2D eigenvalue weighted by Crippen LogP contribution is 2.56. The van der Waals surface area contributed by atoms with Gasteiger partial charge in [-0.15, -0.1) is 0 Å². The van der Waals surface area contributed by atoms with Crippen LogP contribution in [0.3, 0.4) is 0 Å². The zero-order valence-corrected chi connectivity index (χ0v) is 23.2. The molecule has 0 aliphatic carbocycles. The third-order valence-corrected chi connectivity index (χ3v) is 9.23. The molecule has 3 nitrogen and oxygen atoms in total. The van der Waals surface area contributed by atoms with Gasteiger partial charge in [-0.1, -0.05) is 103 Å². The predicted octanol–water partition coefficient (Wildman–Crippen LogP) is 10.5. The molecule has 0 unspecified atom stereocenters. The average Bonchev–Trinajstić information content (AvgIpc) is 3.06. The maximum atomic E-state index is 10.3. The fourth-order valence-corrected chi connectivity index (χ4v) is 7.44.